The Labute approximate surface area is 142 Å². The van der Waals surface area contributed by atoms with E-state index in [1.165, 1.54) is 5.56 Å². The van der Waals surface area contributed by atoms with E-state index < -0.39 is 0 Å². The minimum atomic E-state index is -0.0442. The van der Waals surface area contributed by atoms with Gasteiger partial charge < -0.3 is 14.5 Å². The Hall–Kier alpha value is -2.14. The summed E-state index contributed by atoms with van der Waals surface area (Å²) >= 11 is 0. The second-order valence-electron chi connectivity index (χ2n) is 6.86. The molecule has 1 saturated heterocycles. The predicted molar refractivity (Wildman–Crippen MR) is 90.7 cm³/mol. The average molecular weight is 328 g/mol. The molecule has 0 saturated carbocycles. The number of likely N-dealkylation sites (tertiary alicyclic amines) is 1. The molecular weight excluding hydrogens is 304 g/mol. The van der Waals surface area contributed by atoms with E-state index in [4.69, 9.17) is 4.52 Å². The number of hydrogen-bond acceptors (Lipinski definition) is 4. The molecule has 1 aliphatic heterocycles. The minimum absolute atomic E-state index is 0.0442. The Kier molecular flexibility index (Phi) is 5.00. The van der Waals surface area contributed by atoms with E-state index in [0.717, 1.165) is 37.3 Å². The molecule has 0 spiro atoms. The molecule has 128 valence electrons. The third kappa shape index (κ3) is 3.67. The van der Waals surface area contributed by atoms with E-state index in [-0.39, 0.29) is 18.4 Å². The fourth-order valence-electron chi connectivity index (χ4n) is 3.20. The summed E-state index contributed by atoms with van der Waals surface area (Å²) in [6.45, 7) is 5.59. The van der Waals surface area contributed by atoms with Gasteiger partial charge in [-0.1, -0.05) is 43.3 Å². The molecule has 5 heteroatoms. The first-order valence-corrected chi connectivity index (χ1v) is 8.51. The number of amides is 1. The van der Waals surface area contributed by atoms with E-state index in [9.17, 15) is 9.90 Å². The highest BCUT2D eigenvalue weighted by molar-refractivity contribution is 5.92. The molecule has 24 heavy (non-hydrogen) atoms. The van der Waals surface area contributed by atoms with Gasteiger partial charge in [0.1, 0.15) is 5.76 Å². The van der Waals surface area contributed by atoms with Crippen LogP contribution in [0.3, 0.4) is 0 Å². The van der Waals surface area contributed by atoms with Crippen LogP contribution < -0.4 is 0 Å². The lowest BCUT2D eigenvalue weighted by Crippen LogP contribution is -2.29. The van der Waals surface area contributed by atoms with Gasteiger partial charge in [0, 0.05) is 25.1 Å². The normalized spacial score (nSPS) is 17.7. The van der Waals surface area contributed by atoms with Crippen LogP contribution in [0, 0.1) is 5.92 Å². The topological polar surface area (TPSA) is 66.6 Å². The van der Waals surface area contributed by atoms with Crippen molar-refractivity contribution >= 4 is 5.91 Å². The fraction of sp³-hybridized carbons (Fsp3) is 0.474. The van der Waals surface area contributed by atoms with Crippen molar-refractivity contribution in [3.8, 4) is 0 Å². The molecule has 1 atom stereocenters. The van der Waals surface area contributed by atoms with Gasteiger partial charge in [-0.05, 0) is 29.9 Å². The number of hydrogen-bond donors (Lipinski definition) is 1. The van der Waals surface area contributed by atoms with Crippen LogP contribution in [0.4, 0.5) is 0 Å². The molecule has 2 heterocycles. The molecule has 1 amide bonds. The number of rotatable bonds is 5. The zero-order valence-electron chi connectivity index (χ0n) is 14.2. The van der Waals surface area contributed by atoms with Gasteiger partial charge in [0.15, 0.2) is 5.69 Å². The quantitative estimate of drug-likeness (QED) is 0.916. The minimum Gasteiger partial charge on any atom is -0.392 e. The predicted octanol–water partition coefficient (Wildman–Crippen LogP) is 3.00. The summed E-state index contributed by atoms with van der Waals surface area (Å²) < 4.78 is 5.23. The van der Waals surface area contributed by atoms with E-state index in [0.29, 0.717) is 11.6 Å². The van der Waals surface area contributed by atoms with Gasteiger partial charge >= 0.3 is 0 Å². The third-order valence-electron chi connectivity index (χ3n) is 4.59. The summed E-state index contributed by atoms with van der Waals surface area (Å²) in [4.78, 5) is 14.4. The fourth-order valence-corrected chi connectivity index (χ4v) is 3.20. The Morgan fingerprint density at radius 2 is 2.17 bits per heavy atom. The largest absolute Gasteiger partial charge is 0.392 e. The zero-order valence-corrected chi connectivity index (χ0v) is 14.2. The molecule has 1 aromatic heterocycles. The van der Waals surface area contributed by atoms with Gasteiger partial charge in [0.2, 0.25) is 0 Å². The molecule has 1 fully saturated rings. The highest BCUT2D eigenvalue weighted by Crippen LogP contribution is 2.24. The van der Waals surface area contributed by atoms with Crippen LogP contribution in [0.2, 0.25) is 0 Å². The lowest BCUT2D eigenvalue weighted by molar-refractivity contribution is 0.0776. The molecule has 1 aliphatic rings. The molecule has 1 aromatic carbocycles. The molecule has 3 rings (SSSR count). The van der Waals surface area contributed by atoms with E-state index in [1.807, 2.05) is 36.9 Å². The summed E-state index contributed by atoms with van der Waals surface area (Å²) in [5, 5.41) is 13.2. The lowest BCUT2D eigenvalue weighted by Gasteiger charge is -2.15. The Bertz CT molecular complexity index is 708. The molecule has 2 aromatic rings. The van der Waals surface area contributed by atoms with Crippen LogP contribution in [-0.2, 0) is 13.0 Å². The van der Waals surface area contributed by atoms with Crippen molar-refractivity contribution in [2.24, 2.45) is 5.92 Å². The third-order valence-corrected chi connectivity index (χ3v) is 4.59. The molecule has 5 nitrogen and oxygen atoms in total. The Morgan fingerprint density at radius 1 is 1.38 bits per heavy atom. The second-order valence-corrected chi connectivity index (χ2v) is 6.86. The summed E-state index contributed by atoms with van der Waals surface area (Å²) in [6.07, 6.45) is 1.91. The van der Waals surface area contributed by atoms with Gasteiger partial charge in [-0.3, -0.25) is 4.79 Å². The first-order chi connectivity index (χ1) is 11.6. The van der Waals surface area contributed by atoms with Crippen LogP contribution >= 0.6 is 0 Å². The van der Waals surface area contributed by atoms with E-state index >= 15 is 0 Å². The van der Waals surface area contributed by atoms with Gasteiger partial charge in [-0.25, -0.2) is 0 Å². The van der Waals surface area contributed by atoms with Gasteiger partial charge in [0.25, 0.3) is 5.91 Å². The smallest absolute Gasteiger partial charge is 0.276 e. The van der Waals surface area contributed by atoms with Gasteiger partial charge in [-0.2, -0.15) is 0 Å². The maximum absolute atomic E-state index is 12.6. The molecule has 0 radical (unpaired) electrons. The van der Waals surface area contributed by atoms with Crippen molar-refractivity contribution in [3.05, 3.63) is 52.9 Å². The molecule has 0 aliphatic carbocycles. The van der Waals surface area contributed by atoms with Crippen LogP contribution in [-0.4, -0.2) is 34.2 Å². The number of aliphatic hydroxyl groups excluding tert-OH is 1. The van der Waals surface area contributed by atoms with Gasteiger partial charge in [-0.15, -0.1) is 0 Å². The standard InChI is InChI=1S/C19H24N2O3/c1-13(2)18-10-17(20-24-18)19(23)21-7-6-15(11-21)8-14-4-3-5-16(9-14)12-22/h3-5,9-10,13,15,22H,6-8,11-12H2,1-2H3/t15-/m0/s1. The Morgan fingerprint density at radius 3 is 2.88 bits per heavy atom. The number of benzene rings is 1. The van der Waals surface area contributed by atoms with Crippen molar-refractivity contribution in [3.63, 3.8) is 0 Å². The maximum Gasteiger partial charge on any atom is 0.276 e. The highest BCUT2D eigenvalue weighted by atomic mass is 16.5. The Balaban J connectivity index is 1.60. The second kappa shape index (κ2) is 7.18. The number of carbonyl (C=O) groups is 1. The lowest BCUT2D eigenvalue weighted by atomic mass is 9.97. The summed E-state index contributed by atoms with van der Waals surface area (Å²) in [5.74, 6) is 1.37. The van der Waals surface area contributed by atoms with Crippen molar-refractivity contribution in [2.45, 2.75) is 39.2 Å². The summed E-state index contributed by atoms with van der Waals surface area (Å²) in [5.41, 5.74) is 2.55. The number of aromatic nitrogens is 1. The highest BCUT2D eigenvalue weighted by Gasteiger charge is 2.29. The maximum atomic E-state index is 12.6. The van der Waals surface area contributed by atoms with Crippen molar-refractivity contribution in [1.29, 1.82) is 0 Å². The van der Waals surface area contributed by atoms with Crippen LogP contribution in [0.25, 0.3) is 0 Å². The first-order valence-electron chi connectivity index (χ1n) is 8.51. The first kappa shape index (κ1) is 16.7. The van der Waals surface area contributed by atoms with Crippen molar-refractivity contribution in [1.82, 2.24) is 10.1 Å². The molecule has 1 N–H and O–H groups in total. The molecule has 0 bridgehead atoms. The van der Waals surface area contributed by atoms with Gasteiger partial charge in [0.05, 0.1) is 6.61 Å². The van der Waals surface area contributed by atoms with Crippen molar-refractivity contribution in [2.75, 3.05) is 13.1 Å². The average Bonchev–Trinajstić information content (AvgIpc) is 3.24. The monoisotopic (exact) mass is 328 g/mol. The summed E-state index contributed by atoms with van der Waals surface area (Å²) in [7, 11) is 0. The number of aliphatic hydroxyl groups is 1. The molecular formula is C19H24N2O3. The van der Waals surface area contributed by atoms with E-state index in [1.54, 1.807) is 6.07 Å². The van der Waals surface area contributed by atoms with Crippen molar-refractivity contribution < 1.29 is 14.4 Å². The van der Waals surface area contributed by atoms with Crippen LogP contribution in [0.5, 0.6) is 0 Å². The van der Waals surface area contributed by atoms with E-state index in [2.05, 4.69) is 11.2 Å². The zero-order chi connectivity index (χ0) is 17.1. The summed E-state index contributed by atoms with van der Waals surface area (Å²) in [6, 6.07) is 9.77. The number of carbonyl (C=O) groups excluding carboxylic acids is 1. The number of nitrogens with zero attached hydrogens (tertiary/aromatic N) is 2. The molecule has 0 unspecified atom stereocenters. The SMILES string of the molecule is CC(C)c1cc(C(=O)N2CC[C@@H](Cc3cccc(CO)c3)C2)no1. The van der Waals surface area contributed by atoms with Crippen LogP contribution in [0.15, 0.2) is 34.9 Å². The van der Waals surface area contributed by atoms with Crippen LogP contribution in [0.1, 0.15) is 53.6 Å².